The molecule has 9 nitrogen and oxygen atoms in total. The summed E-state index contributed by atoms with van der Waals surface area (Å²) >= 11 is 0. The van der Waals surface area contributed by atoms with Crippen LogP contribution in [0.5, 0.6) is 0 Å². The number of aromatic amines is 1. The van der Waals surface area contributed by atoms with E-state index in [0.29, 0.717) is 48.8 Å². The lowest BCUT2D eigenvalue weighted by Crippen LogP contribution is -2.40. The van der Waals surface area contributed by atoms with E-state index in [1.54, 1.807) is 29.4 Å². The lowest BCUT2D eigenvalue weighted by atomic mass is 10.1. The monoisotopic (exact) mass is 445 g/mol. The second-order valence-electron chi connectivity index (χ2n) is 8.40. The Kier molecular flexibility index (Phi) is 6.56. The Bertz CT molecular complexity index is 1160. The Labute approximate surface area is 192 Å². The number of pyridine rings is 1. The predicted molar refractivity (Wildman–Crippen MR) is 126 cm³/mol. The number of nitrogens with one attached hydrogen (secondary N) is 3. The Hall–Kier alpha value is -3.90. The van der Waals surface area contributed by atoms with Gasteiger partial charge in [0.15, 0.2) is 0 Å². The first kappa shape index (κ1) is 22.3. The van der Waals surface area contributed by atoms with Crippen molar-refractivity contribution < 1.29 is 9.90 Å². The molecule has 4 N–H and O–H groups in total. The van der Waals surface area contributed by atoms with Gasteiger partial charge in [-0.2, -0.15) is 5.26 Å². The van der Waals surface area contributed by atoms with E-state index in [4.69, 9.17) is 5.26 Å². The third-order valence-electron chi connectivity index (χ3n) is 5.45. The van der Waals surface area contributed by atoms with Gasteiger partial charge in [-0.1, -0.05) is 0 Å². The van der Waals surface area contributed by atoms with Crippen molar-refractivity contribution in [3.8, 4) is 17.5 Å². The van der Waals surface area contributed by atoms with Crippen LogP contribution in [0.3, 0.4) is 0 Å². The summed E-state index contributed by atoms with van der Waals surface area (Å²) in [5.74, 6) is 1.07. The molecule has 0 atom stereocenters. The predicted octanol–water partition coefficient (Wildman–Crippen LogP) is 3.50. The Morgan fingerprint density at radius 3 is 2.61 bits per heavy atom. The van der Waals surface area contributed by atoms with Crippen LogP contribution in [0, 0.1) is 11.3 Å². The molecule has 33 heavy (non-hydrogen) atoms. The lowest BCUT2D eigenvalue weighted by molar-refractivity contribution is 0.0542. The van der Waals surface area contributed by atoms with Crippen molar-refractivity contribution in [3.63, 3.8) is 0 Å². The van der Waals surface area contributed by atoms with E-state index >= 15 is 0 Å². The number of amides is 1. The number of imidazole rings is 1. The molecule has 1 saturated heterocycles. The lowest BCUT2D eigenvalue weighted by Gasteiger charge is -2.29. The van der Waals surface area contributed by atoms with Gasteiger partial charge < -0.3 is 25.6 Å². The zero-order chi connectivity index (χ0) is 23.4. The van der Waals surface area contributed by atoms with Crippen molar-refractivity contribution in [2.24, 2.45) is 0 Å². The number of hydrogen-bond donors (Lipinski definition) is 4. The first-order chi connectivity index (χ1) is 15.9. The molecule has 1 aromatic carbocycles. The highest BCUT2D eigenvalue weighted by atomic mass is 16.3. The topological polar surface area (TPSA) is 130 Å². The number of nitriles is 1. The highest BCUT2D eigenvalue weighted by Crippen LogP contribution is 2.29. The number of nitrogens with zero attached hydrogens (tertiary/aromatic N) is 4. The number of hydrogen-bond acceptors (Lipinski definition) is 7. The molecule has 2 aromatic heterocycles. The van der Waals surface area contributed by atoms with Gasteiger partial charge in [0.1, 0.15) is 17.3 Å². The van der Waals surface area contributed by atoms with Gasteiger partial charge in [-0.3, -0.25) is 4.79 Å². The second-order valence-corrected chi connectivity index (χ2v) is 8.40. The average molecular weight is 446 g/mol. The zero-order valence-corrected chi connectivity index (χ0v) is 18.7. The first-order valence-corrected chi connectivity index (χ1v) is 11.0. The number of anilines is 3. The standard InChI is InChI=1S/C24H27N7O2/c1-15(2)28-20-11-22(29-17-5-3-16(12-25)4-6-17)26-13-19(20)23-27-14-21(30-23)24(33)31-9-7-18(32)8-10-31/h3-6,11,13-15,18,32H,7-10H2,1-2H3,(H,27,30)(H2,26,28,29). The molecule has 0 unspecified atom stereocenters. The largest absolute Gasteiger partial charge is 0.393 e. The molecule has 170 valence electrons. The number of aliphatic hydroxyl groups excluding tert-OH is 1. The minimum absolute atomic E-state index is 0.119. The van der Waals surface area contributed by atoms with Crippen molar-refractivity contribution in [1.29, 1.82) is 5.26 Å². The number of rotatable bonds is 6. The Morgan fingerprint density at radius 1 is 1.21 bits per heavy atom. The molecule has 0 radical (unpaired) electrons. The average Bonchev–Trinajstić information content (AvgIpc) is 3.29. The van der Waals surface area contributed by atoms with Gasteiger partial charge in [-0.15, -0.1) is 0 Å². The maximum Gasteiger partial charge on any atom is 0.271 e. The van der Waals surface area contributed by atoms with Crippen LogP contribution >= 0.6 is 0 Å². The van der Waals surface area contributed by atoms with Crippen LogP contribution in [-0.4, -0.2) is 56.1 Å². The fourth-order valence-corrected chi connectivity index (χ4v) is 3.72. The molecule has 1 amide bonds. The van der Waals surface area contributed by atoms with Crippen LogP contribution in [0.15, 0.2) is 42.7 Å². The van der Waals surface area contributed by atoms with E-state index in [1.807, 2.05) is 32.0 Å². The first-order valence-electron chi connectivity index (χ1n) is 11.0. The Morgan fingerprint density at radius 2 is 1.94 bits per heavy atom. The van der Waals surface area contributed by atoms with Crippen LogP contribution in [0.1, 0.15) is 42.7 Å². The third-order valence-corrected chi connectivity index (χ3v) is 5.45. The SMILES string of the molecule is CC(C)Nc1cc(Nc2ccc(C#N)cc2)ncc1-c1ncc(C(=O)N2CCC(O)CC2)[nH]1. The number of carbonyl (C=O) groups is 1. The smallest absolute Gasteiger partial charge is 0.271 e. The number of piperidine rings is 1. The molecule has 1 aliphatic heterocycles. The fraction of sp³-hybridized carbons (Fsp3) is 0.333. The van der Waals surface area contributed by atoms with E-state index in [9.17, 15) is 9.90 Å². The molecule has 9 heteroatoms. The number of H-pyrrole nitrogens is 1. The van der Waals surface area contributed by atoms with Crippen LogP contribution in [0.25, 0.3) is 11.4 Å². The number of likely N-dealkylation sites (tertiary alicyclic amines) is 1. The van der Waals surface area contributed by atoms with Crippen molar-refractivity contribution in [1.82, 2.24) is 19.9 Å². The molecule has 0 spiro atoms. The van der Waals surface area contributed by atoms with Crippen LogP contribution in [0.4, 0.5) is 17.2 Å². The minimum atomic E-state index is -0.335. The molecular formula is C24H27N7O2. The van der Waals surface area contributed by atoms with Gasteiger partial charge in [0, 0.05) is 37.1 Å². The molecule has 0 bridgehead atoms. The Balaban J connectivity index is 1.56. The van der Waals surface area contributed by atoms with E-state index in [0.717, 1.165) is 16.9 Å². The highest BCUT2D eigenvalue weighted by Gasteiger charge is 2.24. The number of carbonyl (C=O) groups excluding carboxylic acids is 1. The molecule has 0 saturated carbocycles. The van der Waals surface area contributed by atoms with Gasteiger partial charge >= 0.3 is 0 Å². The summed E-state index contributed by atoms with van der Waals surface area (Å²) < 4.78 is 0. The molecule has 3 heterocycles. The molecular weight excluding hydrogens is 418 g/mol. The van der Waals surface area contributed by atoms with Gasteiger partial charge in [0.25, 0.3) is 5.91 Å². The van der Waals surface area contributed by atoms with Gasteiger partial charge in [0.05, 0.1) is 35.2 Å². The quantitative estimate of drug-likeness (QED) is 0.457. The summed E-state index contributed by atoms with van der Waals surface area (Å²) in [6, 6.07) is 11.3. The molecule has 1 aliphatic rings. The van der Waals surface area contributed by atoms with Crippen molar-refractivity contribution in [2.45, 2.75) is 38.8 Å². The number of aliphatic hydroxyl groups is 1. The molecule has 3 aromatic rings. The van der Waals surface area contributed by atoms with Gasteiger partial charge in [-0.25, -0.2) is 9.97 Å². The summed E-state index contributed by atoms with van der Waals surface area (Å²) in [5.41, 5.74) is 3.40. The molecule has 0 aliphatic carbocycles. The maximum atomic E-state index is 12.8. The molecule has 1 fully saturated rings. The summed E-state index contributed by atoms with van der Waals surface area (Å²) in [6.45, 7) is 5.15. The highest BCUT2D eigenvalue weighted by molar-refractivity contribution is 5.93. The zero-order valence-electron chi connectivity index (χ0n) is 18.7. The molecule has 4 rings (SSSR count). The van der Waals surface area contributed by atoms with Crippen molar-refractivity contribution in [2.75, 3.05) is 23.7 Å². The van der Waals surface area contributed by atoms with E-state index in [-0.39, 0.29) is 18.1 Å². The summed E-state index contributed by atoms with van der Waals surface area (Å²) in [6.07, 6.45) is 4.10. The minimum Gasteiger partial charge on any atom is -0.393 e. The normalized spacial score (nSPS) is 14.2. The number of aromatic nitrogens is 3. The summed E-state index contributed by atoms with van der Waals surface area (Å²) in [4.78, 5) is 26.7. The van der Waals surface area contributed by atoms with Gasteiger partial charge in [0.2, 0.25) is 0 Å². The van der Waals surface area contributed by atoms with E-state index < -0.39 is 0 Å². The van der Waals surface area contributed by atoms with Crippen LogP contribution < -0.4 is 10.6 Å². The van der Waals surface area contributed by atoms with E-state index in [1.165, 1.54) is 0 Å². The summed E-state index contributed by atoms with van der Waals surface area (Å²) in [5, 5.41) is 25.3. The number of benzene rings is 1. The second kappa shape index (κ2) is 9.71. The van der Waals surface area contributed by atoms with Crippen molar-refractivity contribution >= 4 is 23.1 Å². The summed E-state index contributed by atoms with van der Waals surface area (Å²) in [7, 11) is 0. The third kappa shape index (κ3) is 5.30. The van der Waals surface area contributed by atoms with Crippen molar-refractivity contribution in [3.05, 3.63) is 54.0 Å². The maximum absolute atomic E-state index is 12.8. The fourth-order valence-electron chi connectivity index (χ4n) is 3.72. The van der Waals surface area contributed by atoms with Crippen LogP contribution in [0.2, 0.25) is 0 Å². The van der Waals surface area contributed by atoms with E-state index in [2.05, 4.69) is 31.7 Å². The van der Waals surface area contributed by atoms with Gasteiger partial charge in [-0.05, 0) is 51.0 Å². The van der Waals surface area contributed by atoms with Crippen LogP contribution in [-0.2, 0) is 0 Å².